The van der Waals surface area contributed by atoms with E-state index in [1.165, 1.54) is 9.79 Å². The summed E-state index contributed by atoms with van der Waals surface area (Å²) in [5.41, 5.74) is 0.893. The van der Waals surface area contributed by atoms with E-state index in [9.17, 15) is 4.79 Å². The maximum Gasteiger partial charge on any atom is 0.341 e. The Bertz CT molecular complexity index is 1490. The molecule has 0 aliphatic carbocycles. The summed E-state index contributed by atoms with van der Waals surface area (Å²) >= 11 is 3.54. The number of hydrogen-bond acceptors (Lipinski definition) is 8. The van der Waals surface area contributed by atoms with E-state index in [0.717, 1.165) is 42.8 Å². The summed E-state index contributed by atoms with van der Waals surface area (Å²) in [7, 11) is -2.36. The molecule has 258 valence electrons. The van der Waals surface area contributed by atoms with E-state index in [-0.39, 0.29) is 17.2 Å². The number of esters is 1. The highest BCUT2D eigenvalue weighted by Crippen LogP contribution is 2.53. The smallest absolute Gasteiger partial charge is 0.341 e. The summed E-state index contributed by atoms with van der Waals surface area (Å²) in [6.45, 7) is 11.0. The topological polar surface area (TPSA) is 63.2 Å². The van der Waals surface area contributed by atoms with E-state index >= 15 is 0 Å². The molecule has 9 heteroatoms. The lowest BCUT2D eigenvalue weighted by Crippen LogP contribution is -2.71. The van der Waals surface area contributed by atoms with Crippen molar-refractivity contribution in [3.8, 4) is 0 Å². The lowest BCUT2D eigenvalue weighted by molar-refractivity contribution is -0.459. The zero-order valence-corrected chi connectivity index (χ0v) is 31.5. The van der Waals surface area contributed by atoms with Gasteiger partial charge >= 0.3 is 5.97 Å². The molecule has 0 unspecified atom stereocenters. The normalized spacial score (nSPS) is 28.7. The molecular formula is C39H50O6S2Si. The Balaban J connectivity index is 1.32. The second-order valence-corrected chi connectivity index (χ2v) is 21.6. The number of rotatable bonds is 10. The molecule has 48 heavy (non-hydrogen) atoms. The minimum atomic E-state index is -2.36. The summed E-state index contributed by atoms with van der Waals surface area (Å²) in [5, 5.41) is -0.0747. The van der Waals surface area contributed by atoms with Crippen LogP contribution in [0.5, 0.6) is 0 Å². The van der Waals surface area contributed by atoms with Crippen LogP contribution in [0.1, 0.15) is 71.0 Å². The number of hydrogen-bond donors (Lipinski definition) is 0. The molecule has 3 heterocycles. The average Bonchev–Trinajstić information content (AvgIpc) is 3.08. The molecule has 6 rings (SSSR count). The van der Waals surface area contributed by atoms with Crippen molar-refractivity contribution in [2.75, 3.05) is 11.5 Å². The van der Waals surface area contributed by atoms with Gasteiger partial charge in [0.25, 0.3) is 5.79 Å². The van der Waals surface area contributed by atoms with Gasteiger partial charge in [-0.25, -0.2) is 4.79 Å². The molecule has 0 aromatic heterocycles. The fourth-order valence-corrected chi connectivity index (χ4v) is 9.71. The van der Waals surface area contributed by atoms with Gasteiger partial charge in [-0.05, 0) is 73.6 Å². The molecule has 3 aliphatic rings. The molecule has 3 fully saturated rings. The van der Waals surface area contributed by atoms with Crippen molar-refractivity contribution < 1.29 is 28.2 Å². The lowest BCUT2D eigenvalue weighted by atomic mass is 9.86. The number of ether oxygens (including phenoxy) is 4. The molecule has 0 N–H and O–H groups in total. The minimum Gasteiger partial charge on any atom is -0.425 e. The molecule has 3 aromatic carbocycles. The monoisotopic (exact) mass is 706 g/mol. The quantitative estimate of drug-likeness (QED) is 0.117. The van der Waals surface area contributed by atoms with Gasteiger partial charge in [0.05, 0.1) is 12.2 Å². The van der Waals surface area contributed by atoms with E-state index < -0.39 is 38.1 Å². The van der Waals surface area contributed by atoms with Gasteiger partial charge in [-0.3, -0.25) is 0 Å². The standard InChI is InChI=1S/C39H50O6S2Si/c1-37(2,3)48(4,5)45-34(29-17-9-6-10-18-29)35-36(40)44-39(26-16-20-31(42-39)28-47-33-23-13-8-14-24-33)38(43-35)25-15-19-30(41-38)27-46-32-21-11-7-12-22-32/h6-14,17-18,21-24,30-31,34-35H,15-16,19-20,25-28H2,1-5H3/t30-,31-,34+,35+,38-,39-/m1/s1. The van der Waals surface area contributed by atoms with Gasteiger partial charge in [0, 0.05) is 34.1 Å². The zero-order chi connectivity index (χ0) is 33.8. The lowest BCUT2D eigenvalue weighted by Gasteiger charge is -2.58. The molecule has 0 bridgehead atoms. The van der Waals surface area contributed by atoms with Crippen LogP contribution in [0, 0.1) is 0 Å². The fraction of sp³-hybridized carbons (Fsp3) is 0.513. The van der Waals surface area contributed by atoms with Crippen molar-refractivity contribution in [2.24, 2.45) is 0 Å². The molecule has 3 aliphatic heterocycles. The Morgan fingerprint density at radius 3 is 1.75 bits per heavy atom. The van der Waals surface area contributed by atoms with Gasteiger partial charge in [-0.15, -0.1) is 23.5 Å². The Kier molecular flexibility index (Phi) is 11.2. The summed E-state index contributed by atoms with van der Waals surface area (Å²) < 4.78 is 34.9. The highest BCUT2D eigenvalue weighted by Gasteiger charge is 2.67. The maximum atomic E-state index is 14.4. The molecule has 0 saturated carbocycles. The number of thioether (sulfide) groups is 2. The average molecular weight is 707 g/mol. The molecular weight excluding hydrogens is 657 g/mol. The Labute approximate surface area is 296 Å². The largest absolute Gasteiger partial charge is 0.425 e. The SMILES string of the molecule is CC(C)(C)[Si](C)(C)O[C@@H](c1ccccc1)[C@@H]1O[C@]2(CCC[C@H](CSc3ccccc3)O2)[C@@]2(CCC[C@H](CSc3ccccc3)O2)OC1=O. The third-order valence-corrected chi connectivity index (χ3v) is 16.9. The van der Waals surface area contributed by atoms with Crippen molar-refractivity contribution in [1.29, 1.82) is 0 Å². The van der Waals surface area contributed by atoms with Crippen LogP contribution >= 0.6 is 23.5 Å². The second kappa shape index (κ2) is 15.0. The third kappa shape index (κ3) is 7.93. The summed E-state index contributed by atoms with van der Waals surface area (Å²) in [4.78, 5) is 16.8. The molecule has 0 radical (unpaired) electrons. The summed E-state index contributed by atoms with van der Waals surface area (Å²) in [5.74, 6) is -1.54. The van der Waals surface area contributed by atoms with Crippen molar-refractivity contribution >= 4 is 37.8 Å². The predicted molar refractivity (Wildman–Crippen MR) is 196 cm³/mol. The molecule has 2 spiro atoms. The fourth-order valence-electron chi connectivity index (χ4n) is 6.54. The van der Waals surface area contributed by atoms with Crippen LogP contribution in [-0.4, -0.2) is 55.7 Å². The zero-order valence-electron chi connectivity index (χ0n) is 28.9. The Morgan fingerprint density at radius 1 is 0.750 bits per heavy atom. The maximum absolute atomic E-state index is 14.4. The van der Waals surface area contributed by atoms with Crippen molar-refractivity contribution in [2.45, 2.75) is 123 Å². The van der Waals surface area contributed by atoms with E-state index in [1.54, 1.807) is 23.5 Å². The highest BCUT2D eigenvalue weighted by molar-refractivity contribution is 7.99. The third-order valence-electron chi connectivity index (χ3n) is 10.2. The van der Waals surface area contributed by atoms with Gasteiger partial charge in [0.2, 0.25) is 5.79 Å². The van der Waals surface area contributed by atoms with E-state index in [0.29, 0.717) is 12.8 Å². The van der Waals surface area contributed by atoms with Crippen LogP contribution in [0.25, 0.3) is 0 Å². The Morgan fingerprint density at radius 2 is 1.23 bits per heavy atom. The van der Waals surface area contributed by atoms with Crippen LogP contribution in [0.15, 0.2) is 101 Å². The highest BCUT2D eigenvalue weighted by atomic mass is 32.2. The van der Waals surface area contributed by atoms with Gasteiger partial charge in [-0.1, -0.05) is 87.5 Å². The number of carbonyl (C=O) groups excluding carboxylic acids is 1. The molecule has 3 saturated heterocycles. The van der Waals surface area contributed by atoms with Crippen LogP contribution < -0.4 is 0 Å². The summed E-state index contributed by atoms with van der Waals surface area (Å²) in [6, 6.07) is 30.7. The molecule has 6 atom stereocenters. The first-order valence-corrected chi connectivity index (χ1v) is 22.2. The number of benzene rings is 3. The first-order chi connectivity index (χ1) is 23.0. The molecule has 0 amide bonds. The summed E-state index contributed by atoms with van der Waals surface area (Å²) in [6.07, 6.45) is 2.72. The predicted octanol–water partition coefficient (Wildman–Crippen LogP) is 9.81. The van der Waals surface area contributed by atoms with Gasteiger partial charge in [0.15, 0.2) is 14.4 Å². The molecule has 6 nitrogen and oxygen atoms in total. The van der Waals surface area contributed by atoms with E-state index in [2.05, 4.69) is 82.4 Å². The van der Waals surface area contributed by atoms with Crippen LogP contribution in [0.3, 0.4) is 0 Å². The number of fused-ring (bicyclic) bond motifs is 1. The van der Waals surface area contributed by atoms with E-state index in [4.69, 9.17) is 23.4 Å². The van der Waals surface area contributed by atoms with Crippen molar-refractivity contribution in [1.82, 2.24) is 0 Å². The Hall–Kier alpha value is -2.11. The first kappa shape index (κ1) is 35.7. The van der Waals surface area contributed by atoms with Gasteiger partial charge < -0.3 is 23.4 Å². The van der Waals surface area contributed by atoms with Gasteiger partial charge in [-0.2, -0.15) is 0 Å². The first-order valence-electron chi connectivity index (χ1n) is 17.3. The van der Waals surface area contributed by atoms with Crippen molar-refractivity contribution in [3.05, 3.63) is 96.6 Å². The molecule has 3 aromatic rings. The van der Waals surface area contributed by atoms with Crippen LogP contribution in [-0.2, 0) is 28.2 Å². The van der Waals surface area contributed by atoms with Crippen LogP contribution in [0.4, 0.5) is 0 Å². The van der Waals surface area contributed by atoms with Gasteiger partial charge in [0.1, 0.15) is 6.10 Å². The van der Waals surface area contributed by atoms with E-state index in [1.807, 2.05) is 42.5 Å². The minimum absolute atomic E-state index is 0.0747. The number of carbonyl (C=O) groups is 1. The van der Waals surface area contributed by atoms with Crippen molar-refractivity contribution in [3.63, 3.8) is 0 Å². The second-order valence-electron chi connectivity index (χ2n) is 14.7. The van der Waals surface area contributed by atoms with Crippen LogP contribution in [0.2, 0.25) is 18.1 Å².